The Labute approximate surface area is 110 Å². The van der Waals surface area contributed by atoms with Gasteiger partial charge in [-0.2, -0.15) is 9.57 Å². The summed E-state index contributed by atoms with van der Waals surface area (Å²) in [5, 5.41) is 17.6. The molecule has 0 saturated heterocycles. The minimum Gasteiger partial charge on any atom is -0.480 e. The molecule has 0 radical (unpaired) electrons. The normalized spacial score (nSPS) is 10.7. The number of aliphatic carboxylic acids is 1. The highest BCUT2D eigenvalue weighted by Crippen LogP contribution is 2.19. The number of sulfonamides is 1. The highest BCUT2D eigenvalue weighted by atomic mass is 32.2. The second-order valence-electron chi connectivity index (χ2n) is 3.48. The van der Waals surface area contributed by atoms with E-state index in [1.165, 1.54) is 24.3 Å². The second-order valence-corrected chi connectivity index (χ2v) is 5.39. The van der Waals surface area contributed by atoms with Crippen molar-refractivity contribution in [3.8, 4) is 18.4 Å². The fourth-order valence-electron chi connectivity index (χ4n) is 1.40. The molecular weight excluding hydrogens is 268 g/mol. The molecule has 0 unspecified atom stereocenters. The van der Waals surface area contributed by atoms with Gasteiger partial charge in [-0.3, -0.25) is 4.79 Å². The fourth-order valence-corrected chi connectivity index (χ4v) is 2.85. The number of nitrogens with zero attached hydrogens (tertiary/aromatic N) is 2. The smallest absolute Gasteiger partial charge is 0.318 e. The van der Waals surface area contributed by atoms with Gasteiger partial charge in [-0.05, 0) is 12.1 Å². The van der Waals surface area contributed by atoms with Crippen molar-refractivity contribution in [2.24, 2.45) is 0 Å². The monoisotopic (exact) mass is 278 g/mol. The minimum absolute atomic E-state index is 0.0603. The lowest BCUT2D eigenvalue weighted by molar-refractivity contribution is -0.137. The third-order valence-electron chi connectivity index (χ3n) is 2.20. The zero-order chi connectivity index (χ0) is 14.5. The first kappa shape index (κ1) is 14.7. The summed E-state index contributed by atoms with van der Waals surface area (Å²) in [6.45, 7) is -1.14. The summed E-state index contributed by atoms with van der Waals surface area (Å²) in [6.07, 6.45) is 5.04. The van der Waals surface area contributed by atoms with E-state index in [2.05, 4.69) is 5.92 Å². The molecule has 0 aliphatic heterocycles. The van der Waals surface area contributed by atoms with Crippen molar-refractivity contribution < 1.29 is 18.3 Å². The molecule has 0 atom stereocenters. The van der Waals surface area contributed by atoms with Gasteiger partial charge in [-0.1, -0.05) is 18.1 Å². The number of carboxylic acids is 1. The summed E-state index contributed by atoms with van der Waals surface area (Å²) >= 11 is 0. The molecule has 19 heavy (non-hydrogen) atoms. The lowest BCUT2D eigenvalue weighted by atomic mass is 10.2. The summed E-state index contributed by atoms with van der Waals surface area (Å²) in [7, 11) is -4.11. The van der Waals surface area contributed by atoms with Crippen molar-refractivity contribution >= 4 is 16.0 Å². The van der Waals surface area contributed by atoms with E-state index >= 15 is 0 Å². The van der Waals surface area contributed by atoms with Gasteiger partial charge in [0.1, 0.15) is 12.6 Å². The molecular formula is C12H10N2O4S. The van der Waals surface area contributed by atoms with Crippen molar-refractivity contribution in [3.05, 3.63) is 29.8 Å². The maximum Gasteiger partial charge on any atom is 0.318 e. The van der Waals surface area contributed by atoms with Gasteiger partial charge in [0, 0.05) is 0 Å². The Kier molecular flexibility index (Phi) is 4.65. The number of hydrogen-bond acceptors (Lipinski definition) is 4. The van der Waals surface area contributed by atoms with Crippen LogP contribution in [-0.2, 0) is 14.8 Å². The number of hydrogen-bond donors (Lipinski definition) is 1. The van der Waals surface area contributed by atoms with Crippen LogP contribution in [0.4, 0.5) is 0 Å². The first-order valence-electron chi connectivity index (χ1n) is 5.08. The standard InChI is InChI=1S/C12H10N2O4S/c1-2-7-14(9-12(15)16)19(17,18)11-6-4-3-5-10(11)8-13/h1,3-6H,7,9H2,(H,15,16). The van der Waals surface area contributed by atoms with Crippen LogP contribution in [0, 0.1) is 23.7 Å². The molecule has 0 aliphatic carbocycles. The second kappa shape index (κ2) is 6.01. The number of terminal acetylenes is 1. The van der Waals surface area contributed by atoms with Crippen molar-refractivity contribution in [2.45, 2.75) is 4.90 Å². The summed E-state index contributed by atoms with van der Waals surface area (Å²) in [4.78, 5) is 10.4. The molecule has 1 aromatic rings. The zero-order valence-corrected chi connectivity index (χ0v) is 10.6. The third kappa shape index (κ3) is 3.32. The average molecular weight is 278 g/mol. The van der Waals surface area contributed by atoms with Crippen LogP contribution in [0.3, 0.4) is 0 Å². The van der Waals surface area contributed by atoms with Gasteiger partial charge < -0.3 is 5.11 Å². The Balaban J connectivity index is 3.32. The molecule has 1 rings (SSSR count). The summed E-state index contributed by atoms with van der Waals surface area (Å²) in [5.74, 6) is 0.761. The first-order chi connectivity index (χ1) is 8.93. The van der Waals surface area contributed by atoms with Crippen LogP contribution in [0.15, 0.2) is 29.2 Å². The molecule has 6 nitrogen and oxygen atoms in total. The molecule has 0 saturated carbocycles. The Hall–Kier alpha value is -2.35. The van der Waals surface area contributed by atoms with Gasteiger partial charge >= 0.3 is 5.97 Å². The van der Waals surface area contributed by atoms with Crippen LogP contribution >= 0.6 is 0 Å². The molecule has 7 heteroatoms. The van der Waals surface area contributed by atoms with Crippen molar-refractivity contribution in [3.63, 3.8) is 0 Å². The van der Waals surface area contributed by atoms with E-state index in [0.717, 1.165) is 0 Å². The number of rotatable bonds is 5. The Morgan fingerprint density at radius 1 is 1.42 bits per heavy atom. The van der Waals surface area contributed by atoms with E-state index in [1.54, 1.807) is 6.07 Å². The van der Waals surface area contributed by atoms with E-state index in [1.807, 2.05) is 0 Å². The van der Waals surface area contributed by atoms with Crippen LogP contribution in [0.25, 0.3) is 0 Å². The number of carbonyl (C=O) groups is 1. The summed E-state index contributed by atoms with van der Waals surface area (Å²) < 4.78 is 25.1. The van der Waals surface area contributed by atoms with Gasteiger partial charge in [-0.25, -0.2) is 8.42 Å². The largest absolute Gasteiger partial charge is 0.480 e. The summed E-state index contributed by atoms with van der Waals surface area (Å²) in [6, 6.07) is 7.28. The average Bonchev–Trinajstić information content (AvgIpc) is 2.37. The molecule has 98 valence electrons. The van der Waals surface area contributed by atoms with Gasteiger partial charge in [0.05, 0.1) is 17.0 Å². The zero-order valence-electron chi connectivity index (χ0n) is 9.78. The van der Waals surface area contributed by atoms with Gasteiger partial charge in [0.25, 0.3) is 0 Å². The van der Waals surface area contributed by atoms with Crippen molar-refractivity contribution in [1.29, 1.82) is 5.26 Å². The predicted octanol–water partition coefficient (Wildman–Crippen LogP) is 0.267. The Morgan fingerprint density at radius 3 is 2.58 bits per heavy atom. The van der Waals surface area contributed by atoms with Gasteiger partial charge in [-0.15, -0.1) is 6.42 Å². The molecule has 0 aromatic heterocycles. The van der Waals surface area contributed by atoms with Gasteiger partial charge in [0.15, 0.2) is 0 Å². The maximum atomic E-state index is 12.3. The van der Waals surface area contributed by atoms with E-state index in [0.29, 0.717) is 4.31 Å². The number of carboxylic acid groups (broad SMARTS) is 1. The molecule has 0 spiro atoms. The molecule has 0 heterocycles. The molecule has 0 bridgehead atoms. The molecule has 0 fully saturated rings. The maximum absolute atomic E-state index is 12.3. The van der Waals surface area contributed by atoms with E-state index in [9.17, 15) is 13.2 Å². The van der Waals surface area contributed by atoms with Crippen LogP contribution in [0.1, 0.15) is 5.56 Å². The molecule has 1 N–H and O–H groups in total. The summed E-state index contributed by atoms with van der Waals surface area (Å²) in [5.41, 5.74) is -0.0603. The Bertz CT molecular complexity index is 668. The highest BCUT2D eigenvalue weighted by Gasteiger charge is 2.28. The third-order valence-corrected chi connectivity index (χ3v) is 4.05. The quantitative estimate of drug-likeness (QED) is 0.779. The number of nitriles is 1. The highest BCUT2D eigenvalue weighted by molar-refractivity contribution is 7.89. The predicted molar refractivity (Wildman–Crippen MR) is 66.4 cm³/mol. The lowest BCUT2D eigenvalue weighted by Gasteiger charge is -2.18. The topological polar surface area (TPSA) is 98.5 Å². The van der Waals surface area contributed by atoms with Crippen LogP contribution in [0.2, 0.25) is 0 Å². The van der Waals surface area contributed by atoms with Crippen LogP contribution in [-0.4, -0.2) is 36.9 Å². The van der Waals surface area contributed by atoms with Crippen molar-refractivity contribution in [1.82, 2.24) is 4.31 Å². The molecule has 0 aliphatic rings. The van der Waals surface area contributed by atoms with E-state index < -0.39 is 22.5 Å². The van der Waals surface area contributed by atoms with Gasteiger partial charge in [0.2, 0.25) is 10.0 Å². The minimum atomic E-state index is -4.11. The molecule has 0 amide bonds. The van der Waals surface area contributed by atoms with Crippen LogP contribution < -0.4 is 0 Å². The van der Waals surface area contributed by atoms with E-state index in [-0.39, 0.29) is 17.0 Å². The fraction of sp³-hybridized carbons (Fsp3) is 0.167. The lowest BCUT2D eigenvalue weighted by Crippen LogP contribution is -2.36. The SMILES string of the molecule is C#CCN(CC(=O)O)S(=O)(=O)c1ccccc1C#N. The Morgan fingerprint density at radius 2 is 2.05 bits per heavy atom. The molecule has 1 aromatic carbocycles. The van der Waals surface area contributed by atoms with Crippen molar-refractivity contribution in [2.75, 3.05) is 13.1 Å². The first-order valence-corrected chi connectivity index (χ1v) is 6.52. The van der Waals surface area contributed by atoms with Crippen LogP contribution in [0.5, 0.6) is 0 Å². The number of benzene rings is 1. The van der Waals surface area contributed by atoms with E-state index in [4.69, 9.17) is 16.8 Å².